The van der Waals surface area contributed by atoms with Crippen molar-refractivity contribution < 1.29 is 8.42 Å². The first-order valence-corrected chi connectivity index (χ1v) is 12.4. The van der Waals surface area contributed by atoms with Crippen molar-refractivity contribution >= 4 is 16.1 Å². The van der Waals surface area contributed by atoms with Gasteiger partial charge in [-0.3, -0.25) is 0 Å². The van der Waals surface area contributed by atoms with Crippen molar-refractivity contribution in [3.63, 3.8) is 0 Å². The highest BCUT2D eigenvalue weighted by atomic mass is 32.2. The number of piperidine rings is 1. The minimum absolute atomic E-state index is 0.189. The van der Waals surface area contributed by atoms with E-state index < -0.39 is 10.0 Å². The molecule has 0 radical (unpaired) electrons. The summed E-state index contributed by atoms with van der Waals surface area (Å²) in [5.74, 6) is 0.189. The molecule has 2 heterocycles. The highest BCUT2D eigenvalue weighted by molar-refractivity contribution is 7.89. The van der Waals surface area contributed by atoms with E-state index in [-0.39, 0.29) is 5.75 Å². The van der Waals surface area contributed by atoms with E-state index in [2.05, 4.69) is 65.0 Å². The molecule has 6 heteroatoms. The Bertz CT molecular complexity index is 1020. The standard InChI is InChI=1S/C24H31N3O2S/c1-3-30(28,29)27-13-10-24(11-14-27)26-12-9-22-16-21(7-8-23(22)18-26)20-6-4-5-19(15-20)17-25-2/h4-9,12,15-16,24-25H,3,10-11,13-14,17-18H2,1-2H3. The van der Waals surface area contributed by atoms with Crippen LogP contribution in [-0.4, -0.2) is 49.6 Å². The van der Waals surface area contributed by atoms with E-state index in [0.29, 0.717) is 19.1 Å². The number of sulfonamides is 1. The topological polar surface area (TPSA) is 52.7 Å². The summed E-state index contributed by atoms with van der Waals surface area (Å²) >= 11 is 0. The molecule has 0 saturated carbocycles. The molecule has 0 bridgehead atoms. The molecular formula is C24H31N3O2S. The highest BCUT2D eigenvalue weighted by Gasteiger charge is 2.29. The molecule has 30 heavy (non-hydrogen) atoms. The van der Waals surface area contributed by atoms with Crippen molar-refractivity contribution in [3.05, 3.63) is 65.4 Å². The van der Waals surface area contributed by atoms with Gasteiger partial charge in [-0.25, -0.2) is 12.7 Å². The molecule has 0 atom stereocenters. The zero-order valence-corrected chi connectivity index (χ0v) is 18.7. The van der Waals surface area contributed by atoms with E-state index in [9.17, 15) is 8.42 Å². The molecule has 1 saturated heterocycles. The molecule has 2 aromatic rings. The fourth-order valence-electron chi connectivity index (χ4n) is 4.45. The monoisotopic (exact) mass is 425 g/mol. The van der Waals surface area contributed by atoms with Crippen LogP contribution in [0.2, 0.25) is 0 Å². The lowest BCUT2D eigenvalue weighted by Crippen LogP contribution is -2.45. The SMILES string of the molecule is CCS(=O)(=O)N1CCC(N2C=Cc3cc(-c4cccc(CNC)c4)ccc3C2)CC1. The van der Waals surface area contributed by atoms with Crippen LogP contribution >= 0.6 is 0 Å². The minimum atomic E-state index is -3.07. The maximum Gasteiger partial charge on any atom is 0.213 e. The lowest BCUT2D eigenvalue weighted by atomic mass is 9.95. The molecule has 0 spiro atoms. The van der Waals surface area contributed by atoms with Gasteiger partial charge in [0.25, 0.3) is 0 Å². The van der Waals surface area contributed by atoms with E-state index >= 15 is 0 Å². The zero-order chi connectivity index (χ0) is 21.1. The van der Waals surface area contributed by atoms with Crippen molar-refractivity contribution in [2.75, 3.05) is 25.9 Å². The first-order chi connectivity index (χ1) is 14.5. The van der Waals surface area contributed by atoms with Gasteiger partial charge in [-0.05, 0) is 72.8 Å². The largest absolute Gasteiger partial charge is 0.370 e. The number of hydrogen-bond acceptors (Lipinski definition) is 4. The molecule has 2 aromatic carbocycles. The molecule has 2 aliphatic heterocycles. The van der Waals surface area contributed by atoms with Crippen LogP contribution in [-0.2, 0) is 23.1 Å². The number of hydrogen-bond donors (Lipinski definition) is 1. The number of benzene rings is 2. The number of rotatable bonds is 6. The second kappa shape index (κ2) is 8.92. The Kier molecular flexibility index (Phi) is 6.27. The average Bonchev–Trinajstić information content (AvgIpc) is 2.79. The van der Waals surface area contributed by atoms with E-state index in [0.717, 1.165) is 25.9 Å². The molecule has 2 aliphatic rings. The second-order valence-electron chi connectivity index (χ2n) is 8.16. The molecule has 1 fully saturated rings. The van der Waals surface area contributed by atoms with Crippen LogP contribution in [0.3, 0.4) is 0 Å². The highest BCUT2D eigenvalue weighted by Crippen LogP contribution is 2.30. The average molecular weight is 426 g/mol. The van der Waals surface area contributed by atoms with E-state index in [1.165, 1.54) is 27.8 Å². The summed E-state index contributed by atoms with van der Waals surface area (Å²) in [6, 6.07) is 15.8. The minimum Gasteiger partial charge on any atom is -0.370 e. The number of nitrogens with zero attached hydrogens (tertiary/aromatic N) is 2. The maximum atomic E-state index is 12.1. The van der Waals surface area contributed by atoms with Gasteiger partial charge in [-0.2, -0.15) is 0 Å². The Balaban J connectivity index is 1.45. The van der Waals surface area contributed by atoms with Gasteiger partial charge in [0.2, 0.25) is 10.0 Å². The predicted octanol–water partition coefficient (Wildman–Crippen LogP) is 3.67. The summed E-state index contributed by atoms with van der Waals surface area (Å²) in [6.07, 6.45) is 6.16. The molecule has 0 unspecified atom stereocenters. The second-order valence-corrected chi connectivity index (χ2v) is 10.4. The summed E-state index contributed by atoms with van der Waals surface area (Å²) in [6.45, 7) is 4.72. The van der Waals surface area contributed by atoms with Crippen LogP contribution in [0.1, 0.15) is 36.5 Å². The van der Waals surface area contributed by atoms with Crippen LogP contribution in [0.15, 0.2) is 48.7 Å². The van der Waals surface area contributed by atoms with Crippen molar-refractivity contribution in [3.8, 4) is 11.1 Å². The summed E-state index contributed by atoms with van der Waals surface area (Å²) in [5.41, 5.74) is 6.37. The zero-order valence-electron chi connectivity index (χ0n) is 17.8. The molecule has 160 valence electrons. The van der Waals surface area contributed by atoms with Crippen LogP contribution in [0.5, 0.6) is 0 Å². The third kappa shape index (κ3) is 4.46. The Hall–Kier alpha value is -2.15. The Morgan fingerprint density at radius 3 is 2.57 bits per heavy atom. The van der Waals surface area contributed by atoms with Crippen molar-refractivity contribution in [1.29, 1.82) is 0 Å². The van der Waals surface area contributed by atoms with Gasteiger partial charge in [0.05, 0.1) is 5.75 Å². The van der Waals surface area contributed by atoms with Gasteiger partial charge < -0.3 is 10.2 Å². The molecule has 5 nitrogen and oxygen atoms in total. The van der Waals surface area contributed by atoms with Crippen molar-refractivity contribution in [2.45, 2.75) is 38.9 Å². The quantitative estimate of drug-likeness (QED) is 0.767. The van der Waals surface area contributed by atoms with Gasteiger partial charge in [0.1, 0.15) is 0 Å². The van der Waals surface area contributed by atoms with Gasteiger partial charge in [0, 0.05) is 38.4 Å². The normalized spacial score (nSPS) is 17.9. The lowest BCUT2D eigenvalue weighted by molar-refractivity contribution is 0.183. The summed E-state index contributed by atoms with van der Waals surface area (Å²) in [7, 11) is -1.10. The Morgan fingerprint density at radius 1 is 1.07 bits per heavy atom. The van der Waals surface area contributed by atoms with Crippen molar-refractivity contribution in [1.82, 2.24) is 14.5 Å². The molecule has 0 aliphatic carbocycles. The molecular weight excluding hydrogens is 394 g/mol. The molecule has 4 rings (SSSR count). The van der Waals surface area contributed by atoms with E-state index in [1.54, 1.807) is 11.2 Å². The Morgan fingerprint density at radius 2 is 1.83 bits per heavy atom. The van der Waals surface area contributed by atoms with Gasteiger partial charge in [-0.1, -0.05) is 30.3 Å². The van der Waals surface area contributed by atoms with Gasteiger partial charge in [-0.15, -0.1) is 0 Å². The molecule has 0 amide bonds. The first kappa shape index (κ1) is 21.1. The molecule has 1 N–H and O–H groups in total. The van der Waals surface area contributed by atoms with Crippen LogP contribution in [0.4, 0.5) is 0 Å². The van der Waals surface area contributed by atoms with Crippen LogP contribution in [0, 0.1) is 0 Å². The maximum absolute atomic E-state index is 12.1. The third-order valence-electron chi connectivity index (χ3n) is 6.24. The van der Waals surface area contributed by atoms with Crippen LogP contribution < -0.4 is 5.32 Å². The predicted molar refractivity (Wildman–Crippen MR) is 123 cm³/mol. The molecule has 0 aromatic heterocycles. The first-order valence-electron chi connectivity index (χ1n) is 10.8. The van der Waals surface area contributed by atoms with Gasteiger partial charge in [0.15, 0.2) is 0 Å². The summed E-state index contributed by atoms with van der Waals surface area (Å²) < 4.78 is 25.9. The summed E-state index contributed by atoms with van der Waals surface area (Å²) in [4.78, 5) is 2.38. The van der Waals surface area contributed by atoms with E-state index in [4.69, 9.17) is 0 Å². The van der Waals surface area contributed by atoms with Crippen molar-refractivity contribution in [2.24, 2.45) is 0 Å². The fraction of sp³-hybridized carbons (Fsp3) is 0.417. The van der Waals surface area contributed by atoms with Gasteiger partial charge >= 0.3 is 0 Å². The third-order valence-corrected chi connectivity index (χ3v) is 8.12. The number of nitrogens with one attached hydrogen (secondary N) is 1. The number of fused-ring (bicyclic) bond motifs is 1. The summed E-state index contributed by atoms with van der Waals surface area (Å²) in [5, 5.41) is 3.21. The van der Waals surface area contributed by atoms with E-state index in [1.807, 2.05) is 7.05 Å². The van der Waals surface area contributed by atoms with Crippen LogP contribution in [0.25, 0.3) is 17.2 Å². The lowest BCUT2D eigenvalue weighted by Gasteiger charge is -2.39. The smallest absolute Gasteiger partial charge is 0.213 e. The fourth-order valence-corrected chi connectivity index (χ4v) is 5.58. The Labute approximate surface area is 180 Å².